The number of amides is 2. The molecule has 0 unspecified atom stereocenters. The Morgan fingerprint density at radius 1 is 1.10 bits per heavy atom. The van der Waals surface area contributed by atoms with Crippen molar-refractivity contribution in [3.63, 3.8) is 0 Å². The first-order valence-corrected chi connectivity index (χ1v) is 9.75. The number of hydrogen-bond donors (Lipinski definition) is 2. The lowest BCUT2D eigenvalue weighted by molar-refractivity contribution is 0.122. The number of rotatable bonds is 5. The van der Waals surface area contributed by atoms with E-state index < -0.39 is 0 Å². The van der Waals surface area contributed by atoms with Gasteiger partial charge in [-0.2, -0.15) is 0 Å². The Morgan fingerprint density at radius 2 is 1.90 bits per heavy atom. The molecule has 29 heavy (non-hydrogen) atoms. The molecule has 0 saturated carbocycles. The second-order valence-electron chi connectivity index (χ2n) is 7.05. The number of anilines is 2. The largest absolute Gasteiger partial charge is 0.378 e. The van der Waals surface area contributed by atoms with Crippen molar-refractivity contribution in [1.29, 1.82) is 0 Å². The van der Waals surface area contributed by atoms with Crippen LogP contribution in [0.5, 0.6) is 0 Å². The third kappa shape index (κ3) is 4.94. The van der Waals surface area contributed by atoms with Crippen molar-refractivity contribution in [2.24, 2.45) is 0 Å². The summed E-state index contributed by atoms with van der Waals surface area (Å²) in [6.45, 7) is 5.72. The van der Waals surface area contributed by atoms with Crippen LogP contribution in [0.1, 0.15) is 11.3 Å². The second kappa shape index (κ2) is 8.79. The maximum atomic E-state index is 12.3. The molecule has 2 aromatic carbocycles. The molecule has 2 N–H and O–H groups in total. The van der Waals surface area contributed by atoms with Crippen molar-refractivity contribution >= 4 is 17.4 Å². The van der Waals surface area contributed by atoms with Crippen molar-refractivity contribution in [2.75, 3.05) is 36.5 Å². The van der Waals surface area contributed by atoms with Crippen LogP contribution in [0.2, 0.25) is 0 Å². The van der Waals surface area contributed by atoms with E-state index in [9.17, 15) is 4.79 Å². The summed E-state index contributed by atoms with van der Waals surface area (Å²) in [5.41, 5.74) is 4.93. The van der Waals surface area contributed by atoms with E-state index in [1.165, 1.54) is 5.69 Å². The fraction of sp³-hybridized carbons (Fsp3) is 0.273. The molecule has 1 aromatic heterocycles. The molecular weight excluding hydrogens is 366 g/mol. The smallest absolute Gasteiger partial charge is 0.319 e. The lowest BCUT2D eigenvalue weighted by atomic mass is 10.2. The molecule has 0 bridgehead atoms. The Balaban J connectivity index is 1.31. The number of carbonyl (C=O) groups is 1. The molecule has 1 saturated heterocycles. The normalized spacial score (nSPS) is 13.9. The van der Waals surface area contributed by atoms with Gasteiger partial charge in [0, 0.05) is 42.9 Å². The van der Waals surface area contributed by atoms with E-state index in [0.717, 1.165) is 48.9 Å². The highest BCUT2D eigenvalue weighted by atomic mass is 16.5. The van der Waals surface area contributed by atoms with Gasteiger partial charge in [-0.1, -0.05) is 12.1 Å². The Hall–Kier alpha value is -3.32. The Morgan fingerprint density at radius 3 is 2.62 bits per heavy atom. The Kier molecular flexibility index (Phi) is 5.76. The van der Waals surface area contributed by atoms with Crippen LogP contribution >= 0.6 is 0 Å². The van der Waals surface area contributed by atoms with E-state index >= 15 is 0 Å². The highest BCUT2D eigenvalue weighted by molar-refractivity contribution is 5.89. The summed E-state index contributed by atoms with van der Waals surface area (Å²) < 4.78 is 7.35. The number of imidazole rings is 1. The Labute approximate surface area is 170 Å². The number of carbonyl (C=O) groups excluding carboxylic acids is 1. The fourth-order valence-corrected chi connectivity index (χ4v) is 3.32. The van der Waals surface area contributed by atoms with E-state index in [1.54, 1.807) is 6.33 Å². The minimum absolute atomic E-state index is 0.229. The van der Waals surface area contributed by atoms with Gasteiger partial charge in [0.25, 0.3) is 0 Å². The topological polar surface area (TPSA) is 71.4 Å². The molecule has 0 aliphatic carbocycles. The number of aryl methyl sites for hydroxylation is 1. The zero-order valence-corrected chi connectivity index (χ0v) is 16.5. The van der Waals surface area contributed by atoms with Crippen molar-refractivity contribution in [1.82, 2.24) is 14.9 Å². The van der Waals surface area contributed by atoms with Crippen molar-refractivity contribution in [2.45, 2.75) is 13.5 Å². The first kappa shape index (κ1) is 19.0. The van der Waals surface area contributed by atoms with Gasteiger partial charge in [0.2, 0.25) is 0 Å². The summed E-state index contributed by atoms with van der Waals surface area (Å²) in [5, 5.41) is 5.79. The van der Waals surface area contributed by atoms with Gasteiger partial charge < -0.3 is 24.8 Å². The third-order valence-corrected chi connectivity index (χ3v) is 4.87. The number of morpholine rings is 1. The average Bonchev–Trinajstić information content (AvgIpc) is 3.20. The van der Waals surface area contributed by atoms with E-state index in [0.29, 0.717) is 6.54 Å². The Bertz CT molecular complexity index is 961. The first-order valence-electron chi connectivity index (χ1n) is 9.75. The summed E-state index contributed by atoms with van der Waals surface area (Å²) in [7, 11) is 0. The number of urea groups is 1. The molecule has 0 spiro atoms. The van der Waals surface area contributed by atoms with E-state index in [1.807, 2.05) is 54.1 Å². The quantitative estimate of drug-likeness (QED) is 0.700. The number of benzene rings is 2. The molecule has 2 amide bonds. The van der Waals surface area contributed by atoms with E-state index in [-0.39, 0.29) is 6.03 Å². The summed E-state index contributed by atoms with van der Waals surface area (Å²) in [5.74, 6) is 0. The van der Waals surface area contributed by atoms with Gasteiger partial charge in [0.15, 0.2) is 0 Å². The van der Waals surface area contributed by atoms with Crippen LogP contribution in [0, 0.1) is 6.92 Å². The molecule has 2 heterocycles. The van der Waals surface area contributed by atoms with Crippen LogP contribution in [-0.2, 0) is 11.3 Å². The van der Waals surface area contributed by atoms with Crippen molar-refractivity contribution < 1.29 is 9.53 Å². The summed E-state index contributed by atoms with van der Waals surface area (Å²) in [6, 6.07) is 15.7. The summed E-state index contributed by atoms with van der Waals surface area (Å²) in [4.78, 5) is 18.8. The van der Waals surface area contributed by atoms with Crippen LogP contribution in [0.4, 0.5) is 16.2 Å². The molecule has 4 rings (SSSR count). The molecule has 0 radical (unpaired) electrons. The molecular formula is C22H25N5O2. The van der Waals surface area contributed by atoms with Gasteiger partial charge in [0.05, 0.1) is 25.2 Å². The lowest BCUT2D eigenvalue weighted by Gasteiger charge is -2.29. The van der Waals surface area contributed by atoms with E-state index in [4.69, 9.17) is 4.74 Å². The molecule has 3 aromatic rings. The minimum Gasteiger partial charge on any atom is -0.378 e. The van der Waals surface area contributed by atoms with Crippen LogP contribution in [0.3, 0.4) is 0 Å². The summed E-state index contributed by atoms with van der Waals surface area (Å²) >= 11 is 0. The molecule has 150 valence electrons. The van der Waals surface area contributed by atoms with Crippen molar-refractivity contribution in [3.8, 4) is 5.69 Å². The number of nitrogens with one attached hydrogen (secondary N) is 2. The zero-order chi connectivity index (χ0) is 20.1. The molecule has 7 nitrogen and oxygen atoms in total. The van der Waals surface area contributed by atoms with Crippen LogP contribution < -0.4 is 15.5 Å². The van der Waals surface area contributed by atoms with Gasteiger partial charge in [-0.25, -0.2) is 9.78 Å². The molecule has 0 atom stereocenters. The van der Waals surface area contributed by atoms with E-state index in [2.05, 4.69) is 32.7 Å². The van der Waals surface area contributed by atoms with Gasteiger partial charge >= 0.3 is 6.03 Å². The van der Waals surface area contributed by atoms with Crippen LogP contribution in [-0.4, -0.2) is 41.9 Å². The van der Waals surface area contributed by atoms with Gasteiger partial charge in [-0.15, -0.1) is 0 Å². The maximum absolute atomic E-state index is 12.3. The minimum atomic E-state index is -0.229. The number of ether oxygens (including phenoxy) is 1. The van der Waals surface area contributed by atoms with Crippen LogP contribution in [0.15, 0.2) is 61.1 Å². The van der Waals surface area contributed by atoms with Crippen LogP contribution in [0.25, 0.3) is 5.69 Å². The maximum Gasteiger partial charge on any atom is 0.319 e. The van der Waals surface area contributed by atoms with Gasteiger partial charge in [-0.3, -0.25) is 0 Å². The predicted molar refractivity (Wildman–Crippen MR) is 114 cm³/mol. The highest BCUT2D eigenvalue weighted by Gasteiger charge is 2.11. The average molecular weight is 391 g/mol. The number of aromatic nitrogens is 2. The number of nitrogens with zero attached hydrogens (tertiary/aromatic N) is 3. The fourth-order valence-electron chi connectivity index (χ4n) is 3.32. The highest BCUT2D eigenvalue weighted by Crippen LogP contribution is 2.18. The van der Waals surface area contributed by atoms with Crippen molar-refractivity contribution in [3.05, 3.63) is 72.3 Å². The van der Waals surface area contributed by atoms with Gasteiger partial charge in [-0.05, 0) is 48.9 Å². The zero-order valence-electron chi connectivity index (χ0n) is 16.5. The monoisotopic (exact) mass is 391 g/mol. The first-order chi connectivity index (χ1) is 14.2. The summed E-state index contributed by atoms with van der Waals surface area (Å²) in [6.07, 6.45) is 3.73. The second-order valence-corrected chi connectivity index (χ2v) is 7.05. The third-order valence-electron chi connectivity index (χ3n) is 4.87. The lowest BCUT2D eigenvalue weighted by Crippen LogP contribution is -2.36. The molecule has 1 fully saturated rings. The van der Waals surface area contributed by atoms with Gasteiger partial charge in [0.1, 0.15) is 0 Å². The SMILES string of the molecule is Cc1cn(-c2ccc(NC(=O)NCc3cccc(N4CCOCC4)c3)cc2)cn1. The predicted octanol–water partition coefficient (Wildman–Crippen LogP) is 3.34. The molecule has 1 aliphatic heterocycles. The molecule has 1 aliphatic rings. The number of hydrogen-bond acceptors (Lipinski definition) is 4. The molecule has 7 heteroatoms. The standard InChI is InChI=1S/C22H25N5O2/c1-17-15-27(16-24-17)20-7-5-19(6-8-20)25-22(28)23-14-18-3-2-4-21(13-18)26-9-11-29-12-10-26/h2-8,13,15-16H,9-12,14H2,1H3,(H2,23,25,28).